The molecular formula is C21H26ClFN4O2. The van der Waals surface area contributed by atoms with Crippen molar-refractivity contribution in [2.75, 3.05) is 18.1 Å². The number of aromatic nitrogens is 2. The number of benzene rings is 1. The molecule has 2 heterocycles. The van der Waals surface area contributed by atoms with E-state index in [0.29, 0.717) is 18.8 Å². The standard InChI is InChI=1S/C21H25FN4O2.ClH/c1-2-12-25(20-8-11-23-15-18(20)22)26-13-9-17-14-16(6-7-19(17)26)5-3-4-10-24-21(27)28;/h6-9,11,13-15,24H,2-5,10,12H2,1H3,(H,27,28);1H. The van der Waals surface area contributed by atoms with Gasteiger partial charge in [0.25, 0.3) is 0 Å². The van der Waals surface area contributed by atoms with Gasteiger partial charge in [0, 0.05) is 30.9 Å². The third-order valence-electron chi connectivity index (χ3n) is 4.63. The zero-order chi connectivity index (χ0) is 19.9. The van der Waals surface area contributed by atoms with Crippen LogP contribution in [0.2, 0.25) is 0 Å². The molecule has 0 aliphatic heterocycles. The Balaban J connectivity index is 0.00000300. The number of amides is 1. The summed E-state index contributed by atoms with van der Waals surface area (Å²) >= 11 is 0. The molecule has 0 unspecified atom stereocenters. The topological polar surface area (TPSA) is 70.4 Å². The Morgan fingerprint density at radius 1 is 1.28 bits per heavy atom. The molecule has 156 valence electrons. The number of nitrogens with one attached hydrogen (secondary N) is 1. The van der Waals surface area contributed by atoms with Crippen LogP contribution in [0.15, 0.2) is 48.9 Å². The molecular weight excluding hydrogens is 395 g/mol. The van der Waals surface area contributed by atoms with Gasteiger partial charge in [-0.15, -0.1) is 12.4 Å². The molecule has 0 spiro atoms. The van der Waals surface area contributed by atoms with Gasteiger partial charge in [-0.3, -0.25) is 14.7 Å². The lowest BCUT2D eigenvalue weighted by molar-refractivity contribution is 0.194. The van der Waals surface area contributed by atoms with E-state index in [1.165, 1.54) is 11.8 Å². The lowest BCUT2D eigenvalue weighted by Gasteiger charge is -2.26. The van der Waals surface area contributed by atoms with Crippen LogP contribution in [-0.4, -0.2) is 33.9 Å². The summed E-state index contributed by atoms with van der Waals surface area (Å²) in [6.45, 7) is 3.22. The molecule has 0 aliphatic carbocycles. The van der Waals surface area contributed by atoms with E-state index in [2.05, 4.69) is 35.4 Å². The molecule has 0 aliphatic rings. The third-order valence-corrected chi connectivity index (χ3v) is 4.63. The van der Waals surface area contributed by atoms with Gasteiger partial charge < -0.3 is 10.4 Å². The van der Waals surface area contributed by atoms with Crippen molar-refractivity contribution < 1.29 is 14.3 Å². The fraction of sp³-hybridized carbons (Fsp3) is 0.333. The number of hydrogen-bond acceptors (Lipinski definition) is 3. The molecule has 0 radical (unpaired) electrons. The van der Waals surface area contributed by atoms with Crippen LogP contribution >= 0.6 is 12.4 Å². The first-order valence-electron chi connectivity index (χ1n) is 9.54. The highest BCUT2D eigenvalue weighted by Gasteiger charge is 2.15. The summed E-state index contributed by atoms with van der Waals surface area (Å²) in [6.07, 6.45) is 7.30. The van der Waals surface area contributed by atoms with Crippen molar-refractivity contribution in [3.8, 4) is 0 Å². The first-order chi connectivity index (χ1) is 13.6. The van der Waals surface area contributed by atoms with Crippen LogP contribution in [0.5, 0.6) is 0 Å². The van der Waals surface area contributed by atoms with Gasteiger partial charge >= 0.3 is 6.09 Å². The molecule has 3 rings (SSSR count). The lowest BCUT2D eigenvalue weighted by atomic mass is 10.1. The maximum Gasteiger partial charge on any atom is 0.404 e. The average molecular weight is 421 g/mol. The molecule has 2 aromatic heterocycles. The molecule has 0 atom stereocenters. The smallest absolute Gasteiger partial charge is 0.404 e. The Kier molecular flexibility index (Phi) is 8.27. The minimum atomic E-state index is -0.981. The van der Waals surface area contributed by atoms with Crippen molar-refractivity contribution >= 4 is 35.1 Å². The minimum Gasteiger partial charge on any atom is -0.465 e. The zero-order valence-electron chi connectivity index (χ0n) is 16.3. The van der Waals surface area contributed by atoms with E-state index in [1.54, 1.807) is 12.3 Å². The van der Waals surface area contributed by atoms with Crippen molar-refractivity contribution in [3.63, 3.8) is 0 Å². The van der Waals surface area contributed by atoms with Crippen LogP contribution in [0.25, 0.3) is 10.9 Å². The van der Waals surface area contributed by atoms with Crippen LogP contribution in [-0.2, 0) is 6.42 Å². The van der Waals surface area contributed by atoms with Gasteiger partial charge in [-0.25, -0.2) is 9.18 Å². The number of anilines is 1. The summed E-state index contributed by atoms with van der Waals surface area (Å²) < 4.78 is 16.3. The second-order valence-electron chi connectivity index (χ2n) is 6.69. The van der Waals surface area contributed by atoms with Crippen molar-refractivity contribution in [2.24, 2.45) is 0 Å². The number of aryl methyl sites for hydroxylation is 1. The minimum absolute atomic E-state index is 0. The molecule has 0 saturated heterocycles. The summed E-state index contributed by atoms with van der Waals surface area (Å²) in [5.41, 5.74) is 2.73. The molecule has 8 heteroatoms. The van der Waals surface area contributed by atoms with Crippen LogP contribution in [0.3, 0.4) is 0 Å². The lowest BCUT2D eigenvalue weighted by Crippen LogP contribution is -2.30. The number of nitrogens with zero attached hydrogens (tertiary/aromatic N) is 3. The summed E-state index contributed by atoms with van der Waals surface area (Å²) in [5, 5.41) is 14.0. The maximum atomic E-state index is 14.3. The number of carboxylic acid groups (broad SMARTS) is 1. The number of rotatable bonds is 9. The molecule has 1 aromatic carbocycles. The molecule has 0 fully saturated rings. The van der Waals surface area contributed by atoms with Gasteiger partial charge in [0.05, 0.1) is 17.4 Å². The van der Waals surface area contributed by atoms with E-state index in [-0.39, 0.29) is 18.2 Å². The zero-order valence-corrected chi connectivity index (χ0v) is 17.2. The first-order valence-corrected chi connectivity index (χ1v) is 9.54. The highest BCUT2D eigenvalue weighted by atomic mass is 35.5. The summed E-state index contributed by atoms with van der Waals surface area (Å²) in [5.74, 6) is -0.343. The SMILES string of the molecule is CCCN(c1ccncc1F)n1ccc2cc(CCCCNC(=O)O)ccc21.Cl. The fourth-order valence-electron chi connectivity index (χ4n) is 3.33. The second kappa shape index (κ2) is 10.7. The van der Waals surface area contributed by atoms with Crippen LogP contribution in [0.4, 0.5) is 14.9 Å². The van der Waals surface area contributed by atoms with Gasteiger partial charge in [0.2, 0.25) is 0 Å². The van der Waals surface area contributed by atoms with E-state index >= 15 is 0 Å². The highest BCUT2D eigenvalue weighted by molar-refractivity contribution is 5.85. The molecule has 3 aromatic rings. The van der Waals surface area contributed by atoms with Gasteiger partial charge in [0.1, 0.15) is 0 Å². The number of fused-ring (bicyclic) bond motifs is 1. The van der Waals surface area contributed by atoms with Crippen molar-refractivity contribution in [1.82, 2.24) is 15.0 Å². The molecule has 2 N–H and O–H groups in total. The van der Waals surface area contributed by atoms with Gasteiger partial charge in [-0.1, -0.05) is 13.0 Å². The van der Waals surface area contributed by atoms with E-state index in [0.717, 1.165) is 36.6 Å². The fourth-order valence-corrected chi connectivity index (χ4v) is 3.33. The number of unbranched alkanes of at least 4 members (excludes halogenated alkanes) is 1. The summed E-state index contributed by atoms with van der Waals surface area (Å²) in [7, 11) is 0. The average Bonchev–Trinajstić information content (AvgIpc) is 3.09. The molecule has 0 saturated carbocycles. The number of hydrogen-bond donors (Lipinski definition) is 2. The molecule has 29 heavy (non-hydrogen) atoms. The summed E-state index contributed by atoms with van der Waals surface area (Å²) in [4.78, 5) is 14.3. The highest BCUT2D eigenvalue weighted by Crippen LogP contribution is 2.25. The largest absolute Gasteiger partial charge is 0.465 e. The number of carbonyl (C=O) groups is 1. The molecule has 0 bridgehead atoms. The molecule has 6 nitrogen and oxygen atoms in total. The predicted molar refractivity (Wildman–Crippen MR) is 115 cm³/mol. The van der Waals surface area contributed by atoms with Gasteiger partial charge in [-0.05, 0) is 55.5 Å². The van der Waals surface area contributed by atoms with E-state index in [4.69, 9.17) is 5.11 Å². The predicted octanol–water partition coefficient (Wildman–Crippen LogP) is 4.87. The maximum absolute atomic E-state index is 14.3. The third kappa shape index (κ3) is 5.60. The van der Waals surface area contributed by atoms with Gasteiger partial charge in [-0.2, -0.15) is 0 Å². The van der Waals surface area contributed by atoms with Crippen LogP contribution in [0.1, 0.15) is 31.7 Å². The summed E-state index contributed by atoms with van der Waals surface area (Å²) in [6, 6.07) is 10.0. The molecule has 1 amide bonds. The van der Waals surface area contributed by atoms with Crippen molar-refractivity contribution in [2.45, 2.75) is 32.6 Å². The van der Waals surface area contributed by atoms with Crippen LogP contribution in [0, 0.1) is 5.82 Å². The Hall–Kier alpha value is -2.80. The van der Waals surface area contributed by atoms with Crippen LogP contribution < -0.4 is 10.3 Å². The number of pyridine rings is 1. The normalized spacial score (nSPS) is 10.6. The van der Waals surface area contributed by atoms with Gasteiger partial charge in [0.15, 0.2) is 5.82 Å². The van der Waals surface area contributed by atoms with E-state index in [9.17, 15) is 9.18 Å². The first kappa shape index (κ1) is 22.5. The quantitative estimate of drug-likeness (QED) is 0.484. The van der Waals surface area contributed by atoms with Crippen molar-refractivity contribution in [1.29, 1.82) is 0 Å². The Morgan fingerprint density at radius 2 is 2.10 bits per heavy atom. The Morgan fingerprint density at radius 3 is 2.83 bits per heavy atom. The Labute approximate surface area is 175 Å². The monoisotopic (exact) mass is 420 g/mol. The second-order valence-corrected chi connectivity index (χ2v) is 6.69. The van der Waals surface area contributed by atoms with E-state index < -0.39 is 6.09 Å². The Bertz CT molecular complexity index is 947. The van der Waals surface area contributed by atoms with E-state index in [1.807, 2.05) is 21.9 Å². The number of halogens is 2. The van der Waals surface area contributed by atoms with Crippen molar-refractivity contribution in [3.05, 3.63) is 60.3 Å².